The van der Waals surface area contributed by atoms with Gasteiger partial charge < -0.3 is 19.7 Å². The number of amides is 2. The van der Waals surface area contributed by atoms with Gasteiger partial charge in [0, 0.05) is 37.3 Å². The quantitative estimate of drug-likeness (QED) is 0.570. The molecule has 0 radical (unpaired) electrons. The highest BCUT2D eigenvalue weighted by atomic mass is 32.1. The van der Waals surface area contributed by atoms with Crippen LogP contribution in [0.4, 0.5) is 5.13 Å². The van der Waals surface area contributed by atoms with Gasteiger partial charge in [-0.05, 0) is 18.9 Å². The van der Waals surface area contributed by atoms with Crippen LogP contribution in [0.5, 0.6) is 0 Å². The van der Waals surface area contributed by atoms with Crippen LogP contribution in [-0.4, -0.2) is 79.1 Å². The molecule has 2 amide bonds. The minimum absolute atomic E-state index is 0.0186. The van der Waals surface area contributed by atoms with Crippen molar-refractivity contribution in [1.82, 2.24) is 14.8 Å². The molecule has 1 aliphatic rings. The summed E-state index contributed by atoms with van der Waals surface area (Å²) in [5.74, 6) is -0.444. The molecule has 3 rings (SSSR count). The normalized spacial score (nSPS) is 14.4. The van der Waals surface area contributed by atoms with Gasteiger partial charge in [0.2, 0.25) is 11.8 Å². The molecule has 0 aliphatic carbocycles. The van der Waals surface area contributed by atoms with E-state index in [0.717, 1.165) is 49.7 Å². The van der Waals surface area contributed by atoms with Gasteiger partial charge in [0.05, 0.1) is 26.4 Å². The van der Waals surface area contributed by atoms with E-state index in [1.165, 1.54) is 11.3 Å². The smallest absolute Gasteiger partial charge is 0.249 e. The standard InChI is InChI=1S/C22H30N4O4S/c1-18-14-23-22(31-18)24-20(27)15-26(9-5-8-25-10-12-29-13-11-25)21(28)17-30-16-19-6-3-2-4-7-19/h2-4,6-7,14H,5,8-13,15-17H2,1H3,(H,23,24,27). The predicted molar refractivity (Wildman–Crippen MR) is 120 cm³/mol. The third kappa shape index (κ3) is 8.37. The Labute approximate surface area is 187 Å². The molecule has 8 nitrogen and oxygen atoms in total. The van der Waals surface area contributed by atoms with E-state index < -0.39 is 0 Å². The number of nitrogens with one attached hydrogen (secondary N) is 1. The summed E-state index contributed by atoms with van der Waals surface area (Å²) >= 11 is 1.41. The van der Waals surface area contributed by atoms with E-state index in [2.05, 4.69) is 15.2 Å². The number of morpholine rings is 1. The Kier molecular flexibility index (Phi) is 9.41. The summed E-state index contributed by atoms with van der Waals surface area (Å²) in [7, 11) is 0. The van der Waals surface area contributed by atoms with Gasteiger partial charge in [-0.3, -0.25) is 14.5 Å². The lowest BCUT2D eigenvalue weighted by Crippen LogP contribution is -2.42. The van der Waals surface area contributed by atoms with Crippen molar-refractivity contribution in [2.75, 3.05) is 57.9 Å². The van der Waals surface area contributed by atoms with Crippen molar-refractivity contribution in [2.24, 2.45) is 0 Å². The first kappa shape index (κ1) is 23.3. The molecular formula is C22H30N4O4S. The number of rotatable bonds is 11. The highest BCUT2D eigenvalue weighted by Crippen LogP contribution is 2.16. The Morgan fingerprint density at radius 2 is 2.03 bits per heavy atom. The third-order valence-electron chi connectivity index (χ3n) is 4.90. The van der Waals surface area contributed by atoms with E-state index in [0.29, 0.717) is 18.3 Å². The number of nitrogens with zero attached hydrogens (tertiary/aromatic N) is 3. The number of hydrogen-bond acceptors (Lipinski definition) is 7. The fourth-order valence-corrected chi connectivity index (χ4v) is 3.95. The van der Waals surface area contributed by atoms with Gasteiger partial charge in [0.15, 0.2) is 5.13 Å². The highest BCUT2D eigenvalue weighted by Gasteiger charge is 2.19. The Hall–Kier alpha value is -2.33. The molecule has 2 heterocycles. The van der Waals surface area contributed by atoms with Crippen LogP contribution in [0.1, 0.15) is 16.9 Å². The molecule has 1 saturated heterocycles. The number of aryl methyl sites for hydroxylation is 1. The highest BCUT2D eigenvalue weighted by molar-refractivity contribution is 7.15. The number of anilines is 1. The maximum absolute atomic E-state index is 12.8. The summed E-state index contributed by atoms with van der Waals surface area (Å²) in [6.45, 7) is 6.86. The Morgan fingerprint density at radius 3 is 2.74 bits per heavy atom. The van der Waals surface area contributed by atoms with Gasteiger partial charge in [-0.2, -0.15) is 0 Å². The fraction of sp³-hybridized carbons (Fsp3) is 0.500. The van der Waals surface area contributed by atoms with Crippen molar-refractivity contribution in [2.45, 2.75) is 20.0 Å². The van der Waals surface area contributed by atoms with Crippen LogP contribution >= 0.6 is 11.3 Å². The molecule has 0 saturated carbocycles. The fourth-order valence-electron chi connectivity index (χ4n) is 3.27. The third-order valence-corrected chi connectivity index (χ3v) is 5.73. The lowest BCUT2D eigenvalue weighted by atomic mass is 10.2. The molecule has 0 bridgehead atoms. The molecule has 0 unspecified atom stereocenters. The first-order chi connectivity index (χ1) is 15.1. The number of ether oxygens (including phenoxy) is 2. The second-order valence-electron chi connectivity index (χ2n) is 7.43. The minimum Gasteiger partial charge on any atom is -0.379 e. The first-order valence-electron chi connectivity index (χ1n) is 10.5. The second kappa shape index (κ2) is 12.5. The molecule has 0 spiro atoms. The SMILES string of the molecule is Cc1cnc(NC(=O)CN(CCCN2CCOCC2)C(=O)COCc2ccccc2)s1. The molecule has 1 aliphatic heterocycles. The van der Waals surface area contributed by atoms with Gasteiger partial charge >= 0.3 is 0 Å². The zero-order valence-electron chi connectivity index (χ0n) is 17.9. The summed E-state index contributed by atoms with van der Waals surface area (Å²) in [5, 5.41) is 3.32. The van der Waals surface area contributed by atoms with Crippen LogP contribution in [0.15, 0.2) is 36.5 Å². The maximum Gasteiger partial charge on any atom is 0.249 e. The van der Waals surface area contributed by atoms with Gasteiger partial charge in [0.1, 0.15) is 6.61 Å². The molecule has 168 valence electrons. The predicted octanol–water partition coefficient (Wildman–Crippen LogP) is 2.16. The van der Waals surface area contributed by atoms with E-state index in [1.807, 2.05) is 37.3 Å². The van der Waals surface area contributed by atoms with Crippen molar-refractivity contribution in [1.29, 1.82) is 0 Å². The maximum atomic E-state index is 12.8. The van der Waals surface area contributed by atoms with E-state index in [-0.39, 0.29) is 25.0 Å². The van der Waals surface area contributed by atoms with Crippen molar-refractivity contribution >= 4 is 28.3 Å². The lowest BCUT2D eigenvalue weighted by molar-refractivity contribution is -0.139. The minimum atomic E-state index is -0.253. The molecular weight excluding hydrogens is 416 g/mol. The number of benzene rings is 1. The second-order valence-corrected chi connectivity index (χ2v) is 8.66. The monoisotopic (exact) mass is 446 g/mol. The summed E-state index contributed by atoms with van der Waals surface area (Å²) in [4.78, 5) is 34.3. The van der Waals surface area contributed by atoms with Crippen LogP contribution in [0.2, 0.25) is 0 Å². The molecule has 2 aromatic rings. The van der Waals surface area contributed by atoms with Crippen molar-refractivity contribution in [3.05, 3.63) is 47.0 Å². The van der Waals surface area contributed by atoms with E-state index in [9.17, 15) is 9.59 Å². The summed E-state index contributed by atoms with van der Waals surface area (Å²) in [6.07, 6.45) is 2.50. The average molecular weight is 447 g/mol. The van der Waals surface area contributed by atoms with Crippen LogP contribution < -0.4 is 5.32 Å². The van der Waals surface area contributed by atoms with Crippen molar-refractivity contribution < 1.29 is 19.1 Å². The van der Waals surface area contributed by atoms with Gasteiger partial charge in [-0.1, -0.05) is 30.3 Å². The number of carbonyl (C=O) groups is 2. The zero-order chi connectivity index (χ0) is 21.9. The van der Waals surface area contributed by atoms with Crippen LogP contribution in [0.25, 0.3) is 0 Å². The first-order valence-corrected chi connectivity index (χ1v) is 11.3. The largest absolute Gasteiger partial charge is 0.379 e. The number of hydrogen-bond donors (Lipinski definition) is 1. The van der Waals surface area contributed by atoms with Crippen LogP contribution in [0.3, 0.4) is 0 Å². The Bertz CT molecular complexity index is 824. The number of thiazole rings is 1. The molecule has 1 aromatic carbocycles. The topological polar surface area (TPSA) is 84.0 Å². The summed E-state index contributed by atoms with van der Waals surface area (Å²) < 4.78 is 11.0. The lowest BCUT2D eigenvalue weighted by Gasteiger charge is -2.28. The average Bonchev–Trinajstić information content (AvgIpc) is 3.18. The summed E-state index contributed by atoms with van der Waals surface area (Å²) in [5.41, 5.74) is 1.01. The van der Waals surface area contributed by atoms with Crippen molar-refractivity contribution in [3.8, 4) is 0 Å². The number of carbonyl (C=O) groups excluding carboxylic acids is 2. The van der Waals surface area contributed by atoms with E-state index in [4.69, 9.17) is 9.47 Å². The van der Waals surface area contributed by atoms with Crippen LogP contribution in [0, 0.1) is 6.92 Å². The molecule has 0 atom stereocenters. The molecule has 1 N–H and O–H groups in total. The Balaban J connectivity index is 1.50. The van der Waals surface area contributed by atoms with Gasteiger partial charge in [-0.15, -0.1) is 11.3 Å². The molecule has 31 heavy (non-hydrogen) atoms. The van der Waals surface area contributed by atoms with Crippen molar-refractivity contribution in [3.63, 3.8) is 0 Å². The molecule has 9 heteroatoms. The molecule has 1 aromatic heterocycles. The molecule has 1 fully saturated rings. The van der Waals surface area contributed by atoms with E-state index in [1.54, 1.807) is 11.1 Å². The van der Waals surface area contributed by atoms with Gasteiger partial charge in [-0.25, -0.2) is 4.98 Å². The van der Waals surface area contributed by atoms with Gasteiger partial charge in [0.25, 0.3) is 0 Å². The number of aromatic nitrogens is 1. The Morgan fingerprint density at radius 1 is 1.26 bits per heavy atom. The van der Waals surface area contributed by atoms with Crippen LogP contribution in [-0.2, 0) is 25.7 Å². The zero-order valence-corrected chi connectivity index (χ0v) is 18.7. The van der Waals surface area contributed by atoms with E-state index >= 15 is 0 Å². The summed E-state index contributed by atoms with van der Waals surface area (Å²) in [6, 6.07) is 9.71.